The van der Waals surface area contributed by atoms with Gasteiger partial charge in [0.2, 0.25) is 5.95 Å². The Hall–Kier alpha value is -2.88. The van der Waals surface area contributed by atoms with Gasteiger partial charge in [0.1, 0.15) is 4.88 Å². The monoisotopic (exact) mass is 403 g/mol. The topological polar surface area (TPSA) is 102 Å². The predicted octanol–water partition coefficient (Wildman–Crippen LogP) is 1.10. The van der Waals surface area contributed by atoms with Crippen LogP contribution in [0.2, 0.25) is 0 Å². The van der Waals surface area contributed by atoms with Gasteiger partial charge in [0.15, 0.2) is 11.2 Å². The van der Waals surface area contributed by atoms with Gasteiger partial charge >= 0.3 is 11.7 Å². The molecule has 1 fully saturated rings. The molecule has 1 saturated heterocycles. The van der Waals surface area contributed by atoms with Crippen LogP contribution in [-0.2, 0) is 18.8 Å². The highest BCUT2D eigenvalue weighted by Crippen LogP contribution is 2.23. The third-order valence-electron chi connectivity index (χ3n) is 5.07. The summed E-state index contributed by atoms with van der Waals surface area (Å²) in [6, 6.07) is 3.57. The van der Waals surface area contributed by atoms with Crippen molar-refractivity contribution in [2.75, 3.05) is 24.6 Å². The highest BCUT2D eigenvalue weighted by Gasteiger charge is 2.25. The molecule has 10 heteroatoms. The molecule has 0 bridgehead atoms. The average Bonchev–Trinajstić information content (AvgIpc) is 3.39. The summed E-state index contributed by atoms with van der Waals surface area (Å²) in [4.78, 5) is 46.7. The highest BCUT2D eigenvalue weighted by atomic mass is 32.1. The van der Waals surface area contributed by atoms with Crippen molar-refractivity contribution in [2.45, 2.75) is 12.8 Å². The standard InChI is InChI=1S/C18H21N5O4S/c1-21-14-13(15(24)22(2)18(21)26)19-17(20-14)23-7-3-5-11(9-23)10-27-16(25)12-6-4-8-28-12/h4,6,8,11H,3,5,7,9-10H2,1-2H3,(H,19,20)/t11-/m1/s1. The predicted molar refractivity (Wildman–Crippen MR) is 106 cm³/mol. The molecule has 9 nitrogen and oxygen atoms in total. The summed E-state index contributed by atoms with van der Waals surface area (Å²) in [6.07, 6.45) is 1.88. The van der Waals surface area contributed by atoms with Gasteiger partial charge in [-0.1, -0.05) is 6.07 Å². The fourth-order valence-electron chi connectivity index (χ4n) is 3.52. The number of rotatable bonds is 4. The van der Waals surface area contributed by atoms with Crippen LogP contribution in [0.5, 0.6) is 0 Å². The lowest BCUT2D eigenvalue weighted by molar-refractivity contribution is 0.0433. The van der Waals surface area contributed by atoms with E-state index in [1.54, 1.807) is 13.1 Å². The number of aromatic nitrogens is 4. The zero-order chi connectivity index (χ0) is 19.8. The van der Waals surface area contributed by atoms with E-state index in [0.717, 1.165) is 24.0 Å². The van der Waals surface area contributed by atoms with Gasteiger partial charge in [-0.15, -0.1) is 11.3 Å². The Labute approximate surface area is 164 Å². The fourth-order valence-corrected chi connectivity index (χ4v) is 4.13. The number of hydrogen-bond acceptors (Lipinski definition) is 7. The molecular weight excluding hydrogens is 382 g/mol. The van der Waals surface area contributed by atoms with Crippen molar-refractivity contribution in [3.05, 3.63) is 43.2 Å². The second kappa shape index (κ2) is 7.27. The molecule has 28 heavy (non-hydrogen) atoms. The molecule has 1 atom stereocenters. The van der Waals surface area contributed by atoms with E-state index in [1.807, 2.05) is 16.3 Å². The van der Waals surface area contributed by atoms with Gasteiger partial charge in [0.25, 0.3) is 5.56 Å². The summed E-state index contributed by atoms with van der Waals surface area (Å²) in [5.41, 5.74) is -0.150. The van der Waals surface area contributed by atoms with Gasteiger partial charge in [0.05, 0.1) is 6.61 Å². The fraction of sp³-hybridized carbons (Fsp3) is 0.444. The van der Waals surface area contributed by atoms with Crippen molar-refractivity contribution in [3.63, 3.8) is 0 Å². The van der Waals surface area contributed by atoms with Gasteiger partial charge in [-0.2, -0.15) is 4.98 Å². The molecule has 3 aromatic heterocycles. The number of esters is 1. The van der Waals surface area contributed by atoms with Gasteiger partial charge in [-0.3, -0.25) is 13.9 Å². The summed E-state index contributed by atoms with van der Waals surface area (Å²) in [6.45, 7) is 1.78. The Morgan fingerprint density at radius 2 is 2.18 bits per heavy atom. The number of aryl methyl sites for hydroxylation is 1. The van der Waals surface area contributed by atoms with Crippen LogP contribution in [0.1, 0.15) is 22.5 Å². The maximum Gasteiger partial charge on any atom is 0.348 e. The molecule has 0 aliphatic carbocycles. The second-order valence-corrected chi connectivity index (χ2v) is 7.94. The van der Waals surface area contributed by atoms with Crippen molar-refractivity contribution in [1.29, 1.82) is 0 Å². The summed E-state index contributed by atoms with van der Waals surface area (Å²) in [5.74, 6) is 0.439. The quantitative estimate of drug-likeness (QED) is 0.655. The normalized spacial score (nSPS) is 17.2. The zero-order valence-corrected chi connectivity index (χ0v) is 16.5. The summed E-state index contributed by atoms with van der Waals surface area (Å²) < 4.78 is 7.88. The number of nitrogens with one attached hydrogen (secondary N) is 1. The third-order valence-corrected chi connectivity index (χ3v) is 5.92. The Balaban J connectivity index is 1.51. The number of imidazole rings is 1. The number of ether oxygens (including phenoxy) is 1. The minimum Gasteiger partial charge on any atom is -0.461 e. The molecule has 4 rings (SSSR count). The number of aromatic amines is 1. The average molecular weight is 403 g/mol. The minimum atomic E-state index is -0.410. The number of anilines is 1. The number of H-pyrrole nitrogens is 1. The maximum atomic E-state index is 12.4. The molecule has 1 aliphatic heterocycles. The molecule has 0 radical (unpaired) electrons. The van der Waals surface area contributed by atoms with E-state index in [2.05, 4.69) is 9.97 Å². The first-order chi connectivity index (χ1) is 13.5. The Kier molecular flexibility index (Phi) is 4.80. The number of carbonyl (C=O) groups is 1. The van der Waals surface area contributed by atoms with Crippen molar-refractivity contribution in [2.24, 2.45) is 20.0 Å². The molecule has 1 N–H and O–H groups in total. The molecule has 0 spiro atoms. The first-order valence-corrected chi connectivity index (χ1v) is 9.95. The SMILES string of the molecule is Cn1c(=O)c2[nH]c(N3CCC[C@@H](COC(=O)c4cccs4)C3)nc2n(C)c1=O. The molecule has 0 saturated carbocycles. The number of thiophene rings is 1. The van der Waals surface area contributed by atoms with Crippen LogP contribution in [0.25, 0.3) is 11.2 Å². The van der Waals surface area contributed by atoms with Crippen LogP contribution in [0.3, 0.4) is 0 Å². The molecule has 148 valence electrons. The summed E-state index contributed by atoms with van der Waals surface area (Å²) in [5, 5.41) is 1.85. The van der Waals surface area contributed by atoms with Gasteiger partial charge in [-0.05, 0) is 24.3 Å². The first kappa shape index (κ1) is 18.5. The largest absolute Gasteiger partial charge is 0.461 e. The number of hydrogen-bond donors (Lipinski definition) is 1. The number of carbonyl (C=O) groups excluding carboxylic acids is 1. The van der Waals surface area contributed by atoms with E-state index in [-0.39, 0.29) is 11.9 Å². The Morgan fingerprint density at radius 3 is 2.93 bits per heavy atom. The van der Waals surface area contributed by atoms with Crippen LogP contribution in [-0.4, -0.2) is 44.8 Å². The van der Waals surface area contributed by atoms with E-state index < -0.39 is 11.2 Å². The lowest BCUT2D eigenvalue weighted by Gasteiger charge is -2.32. The van der Waals surface area contributed by atoms with Gasteiger partial charge in [0, 0.05) is 33.1 Å². The van der Waals surface area contributed by atoms with E-state index in [1.165, 1.54) is 23.0 Å². The van der Waals surface area contributed by atoms with Crippen LogP contribution in [0.15, 0.2) is 27.1 Å². The zero-order valence-electron chi connectivity index (χ0n) is 15.7. The summed E-state index contributed by atoms with van der Waals surface area (Å²) in [7, 11) is 3.04. The molecule has 1 aliphatic rings. The van der Waals surface area contributed by atoms with E-state index in [4.69, 9.17) is 4.74 Å². The van der Waals surface area contributed by atoms with Crippen LogP contribution in [0, 0.1) is 5.92 Å². The molecule has 4 heterocycles. The third kappa shape index (κ3) is 3.24. The van der Waals surface area contributed by atoms with Crippen molar-refractivity contribution < 1.29 is 9.53 Å². The number of nitrogens with zero attached hydrogens (tertiary/aromatic N) is 4. The summed E-state index contributed by atoms with van der Waals surface area (Å²) >= 11 is 1.36. The minimum absolute atomic E-state index is 0.178. The lowest BCUT2D eigenvalue weighted by atomic mass is 9.99. The molecule has 0 unspecified atom stereocenters. The maximum absolute atomic E-state index is 12.4. The van der Waals surface area contributed by atoms with Crippen molar-refractivity contribution in [3.8, 4) is 0 Å². The number of fused-ring (bicyclic) bond motifs is 1. The molecular formula is C18H21N5O4S. The van der Waals surface area contributed by atoms with Crippen molar-refractivity contribution in [1.82, 2.24) is 19.1 Å². The molecule has 0 aromatic carbocycles. The molecule has 0 amide bonds. The highest BCUT2D eigenvalue weighted by molar-refractivity contribution is 7.11. The first-order valence-electron chi connectivity index (χ1n) is 9.07. The Bertz CT molecular complexity index is 1130. The Morgan fingerprint density at radius 1 is 1.36 bits per heavy atom. The smallest absolute Gasteiger partial charge is 0.348 e. The second-order valence-electron chi connectivity index (χ2n) is 6.99. The van der Waals surface area contributed by atoms with Crippen molar-refractivity contribution >= 4 is 34.4 Å². The number of piperidine rings is 1. The van der Waals surface area contributed by atoms with E-state index in [0.29, 0.717) is 35.1 Å². The lowest BCUT2D eigenvalue weighted by Crippen LogP contribution is -2.38. The van der Waals surface area contributed by atoms with Crippen LogP contribution in [0.4, 0.5) is 5.95 Å². The van der Waals surface area contributed by atoms with Crippen LogP contribution < -0.4 is 16.1 Å². The van der Waals surface area contributed by atoms with E-state index >= 15 is 0 Å². The van der Waals surface area contributed by atoms with Gasteiger partial charge < -0.3 is 14.6 Å². The molecule has 3 aromatic rings. The van der Waals surface area contributed by atoms with Crippen LogP contribution >= 0.6 is 11.3 Å². The van der Waals surface area contributed by atoms with Gasteiger partial charge in [-0.25, -0.2) is 9.59 Å². The van der Waals surface area contributed by atoms with E-state index in [9.17, 15) is 14.4 Å².